The number of allylic oxidation sites excluding steroid dienone is 1. The van der Waals surface area contributed by atoms with Gasteiger partial charge in [-0.05, 0) is 36.3 Å². The van der Waals surface area contributed by atoms with Gasteiger partial charge in [-0.1, -0.05) is 36.4 Å². The van der Waals surface area contributed by atoms with Crippen LogP contribution in [0, 0.1) is 0 Å². The maximum absolute atomic E-state index is 12.6. The van der Waals surface area contributed by atoms with Crippen molar-refractivity contribution < 1.29 is 4.79 Å². The highest BCUT2D eigenvalue weighted by atomic mass is 16.1. The molecule has 0 unspecified atom stereocenters. The zero-order chi connectivity index (χ0) is 17.8. The predicted molar refractivity (Wildman–Crippen MR) is 102 cm³/mol. The number of carbonyl (C=O) groups is 1. The molecule has 2 aromatic heterocycles. The zero-order valence-electron chi connectivity index (χ0n) is 14.1. The first-order valence-corrected chi connectivity index (χ1v) is 8.53. The molecule has 0 aliphatic rings. The van der Waals surface area contributed by atoms with Crippen LogP contribution in [0.5, 0.6) is 0 Å². The van der Waals surface area contributed by atoms with Crippen LogP contribution in [-0.4, -0.2) is 25.7 Å². The van der Waals surface area contributed by atoms with Gasteiger partial charge in [0.1, 0.15) is 11.6 Å². The first-order valence-electron chi connectivity index (χ1n) is 8.53. The van der Waals surface area contributed by atoms with Crippen LogP contribution in [0.4, 0.5) is 0 Å². The number of aromatic nitrogens is 4. The summed E-state index contributed by atoms with van der Waals surface area (Å²) in [4.78, 5) is 27.6. The van der Waals surface area contributed by atoms with E-state index in [-0.39, 0.29) is 5.78 Å². The minimum absolute atomic E-state index is 0.0897. The molecule has 0 fully saturated rings. The lowest BCUT2D eigenvalue weighted by molar-refractivity contribution is 0.104. The van der Waals surface area contributed by atoms with Crippen molar-refractivity contribution in [1.82, 2.24) is 19.9 Å². The fourth-order valence-corrected chi connectivity index (χ4v) is 2.92. The Labute approximate surface area is 150 Å². The highest BCUT2D eigenvalue weighted by molar-refractivity contribution is 6.13. The molecule has 2 aromatic carbocycles. The van der Waals surface area contributed by atoms with Crippen molar-refractivity contribution >= 4 is 22.9 Å². The molecule has 0 bridgehead atoms. The SMILES string of the molecule is O=C(C=Cc1ncc[nH]1)c1cccc2[nH]c(CCc3ccccc3)nc12. The number of nitrogens with zero attached hydrogens (tertiary/aromatic N) is 2. The molecule has 0 amide bonds. The highest BCUT2D eigenvalue weighted by Gasteiger charge is 2.12. The third-order valence-corrected chi connectivity index (χ3v) is 4.23. The Balaban J connectivity index is 1.56. The smallest absolute Gasteiger partial charge is 0.188 e. The molecule has 0 radical (unpaired) electrons. The van der Waals surface area contributed by atoms with E-state index in [2.05, 4.69) is 32.1 Å². The predicted octanol–water partition coefficient (Wildman–Crippen LogP) is 3.97. The number of rotatable bonds is 6. The van der Waals surface area contributed by atoms with Crippen molar-refractivity contribution in [2.24, 2.45) is 0 Å². The fraction of sp³-hybridized carbons (Fsp3) is 0.0952. The number of fused-ring (bicyclic) bond motifs is 1. The molecule has 4 rings (SSSR count). The van der Waals surface area contributed by atoms with Gasteiger partial charge in [0, 0.05) is 24.4 Å². The maximum atomic E-state index is 12.6. The molecule has 5 nitrogen and oxygen atoms in total. The number of aromatic amines is 2. The number of imidazole rings is 2. The molecule has 0 aliphatic heterocycles. The number of carbonyl (C=O) groups excluding carboxylic acids is 1. The average molecular weight is 342 g/mol. The van der Waals surface area contributed by atoms with Gasteiger partial charge in [-0.25, -0.2) is 9.97 Å². The number of para-hydroxylation sites is 1. The second kappa shape index (κ2) is 7.19. The van der Waals surface area contributed by atoms with E-state index in [1.54, 1.807) is 24.5 Å². The number of aryl methyl sites for hydroxylation is 2. The van der Waals surface area contributed by atoms with Gasteiger partial charge in [0.15, 0.2) is 5.78 Å². The van der Waals surface area contributed by atoms with Crippen molar-refractivity contribution in [3.63, 3.8) is 0 Å². The second-order valence-corrected chi connectivity index (χ2v) is 6.04. The summed E-state index contributed by atoms with van der Waals surface area (Å²) in [6, 6.07) is 15.9. The summed E-state index contributed by atoms with van der Waals surface area (Å²) in [5.41, 5.74) is 3.45. The second-order valence-electron chi connectivity index (χ2n) is 6.04. The van der Waals surface area contributed by atoms with Gasteiger partial charge in [0.2, 0.25) is 0 Å². The Bertz CT molecular complexity index is 1050. The summed E-state index contributed by atoms with van der Waals surface area (Å²) in [6.07, 6.45) is 8.27. The normalized spacial score (nSPS) is 11.4. The first-order chi connectivity index (χ1) is 12.8. The Hall–Kier alpha value is -3.47. The Morgan fingerprint density at radius 2 is 1.92 bits per heavy atom. The summed E-state index contributed by atoms with van der Waals surface area (Å²) in [6.45, 7) is 0. The molecular weight excluding hydrogens is 324 g/mol. The number of hydrogen-bond acceptors (Lipinski definition) is 3. The first kappa shape index (κ1) is 16.0. The van der Waals surface area contributed by atoms with E-state index in [0.29, 0.717) is 16.9 Å². The molecule has 5 heteroatoms. The standard InChI is InChI=1S/C21H18N4O/c26-18(10-12-19-22-13-14-23-19)16-7-4-8-17-21(16)25-20(24-17)11-9-15-5-2-1-3-6-15/h1-8,10,12-14H,9,11H2,(H,22,23)(H,24,25). The van der Waals surface area contributed by atoms with Crippen LogP contribution in [0.3, 0.4) is 0 Å². The molecule has 0 saturated carbocycles. The fourth-order valence-electron chi connectivity index (χ4n) is 2.92. The van der Waals surface area contributed by atoms with E-state index < -0.39 is 0 Å². The monoisotopic (exact) mass is 342 g/mol. The van der Waals surface area contributed by atoms with Crippen molar-refractivity contribution in [2.75, 3.05) is 0 Å². The topological polar surface area (TPSA) is 74.4 Å². The summed E-state index contributed by atoms with van der Waals surface area (Å²) in [5.74, 6) is 1.45. The summed E-state index contributed by atoms with van der Waals surface area (Å²) in [7, 11) is 0. The van der Waals surface area contributed by atoms with Gasteiger partial charge in [0.25, 0.3) is 0 Å². The van der Waals surface area contributed by atoms with Gasteiger partial charge >= 0.3 is 0 Å². The summed E-state index contributed by atoms with van der Waals surface area (Å²) in [5, 5.41) is 0. The molecule has 0 saturated heterocycles. The number of hydrogen-bond donors (Lipinski definition) is 2. The number of nitrogens with one attached hydrogen (secondary N) is 2. The summed E-state index contributed by atoms with van der Waals surface area (Å²) >= 11 is 0. The van der Waals surface area contributed by atoms with Crippen LogP contribution < -0.4 is 0 Å². The molecule has 0 aliphatic carbocycles. The molecule has 128 valence electrons. The minimum atomic E-state index is -0.0897. The summed E-state index contributed by atoms with van der Waals surface area (Å²) < 4.78 is 0. The van der Waals surface area contributed by atoms with Crippen molar-refractivity contribution in [3.05, 3.63) is 89.8 Å². The van der Waals surface area contributed by atoms with E-state index in [1.807, 2.05) is 30.3 Å². The lowest BCUT2D eigenvalue weighted by Gasteiger charge is -1.98. The molecule has 4 aromatic rings. The van der Waals surface area contributed by atoms with Crippen molar-refractivity contribution in [1.29, 1.82) is 0 Å². The third kappa shape index (κ3) is 3.47. The van der Waals surface area contributed by atoms with Crippen molar-refractivity contribution in [3.8, 4) is 0 Å². The highest BCUT2D eigenvalue weighted by Crippen LogP contribution is 2.19. The molecule has 2 N–H and O–H groups in total. The largest absolute Gasteiger partial charge is 0.345 e. The maximum Gasteiger partial charge on any atom is 0.188 e. The van der Waals surface area contributed by atoms with Crippen molar-refractivity contribution in [2.45, 2.75) is 12.8 Å². The Kier molecular flexibility index (Phi) is 4.43. The van der Waals surface area contributed by atoms with E-state index in [0.717, 1.165) is 24.2 Å². The van der Waals surface area contributed by atoms with Crippen LogP contribution in [0.2, 0.25) is 0 Å². The molecule has 0 atom stereocenters. The van der Waals surface area contributed by atoms with E-state index in [9.17, 15) is 4.79 Å². The molecular formula is C21H18N4O. The lowest BCUT2D eigenvalue weighted by Crippen LogP contribution is -1.96. The Morgan fingerprint density at radius 1 is 1.04 bits per heavy atom. The molecule has 26 heavy (non-hydrogen) atoms. The van der Waals surface area contributed by atoms with E-state index in [4.69, 9.17) is 0 Å². The van der Waals surface area contributed by atoms with Gasteiger partial charge in [0.05, 0.1) is 11.0 Å². The van der Waals surface area contributed by atoms with Crippen LogP contribution in [0.25, 0.3) is 17.1 Å². The van der Waals surface area contributed by atoms with Crippen LogP contribution in [0.1, 0.15) is 27.6 Å². The van der Waals surface area contributed by atoms with Gasteiger partial charge < -0.3 is 9.97 Å². The van der Waals surface area contributed by atoms with E-state index >= 15 is 0 Å². The van der Waals surface area contributed by atoms with Crippen LogP contribution in [0.15, 0.2) is 67.0 Å². The number of benzene rings is 2. The average Bonchev–Trinajstić information content (AvgIpc) is 3.34. The third-order valence-electron chi connectivity index (χ3n) is 4.23. The van der Waals surface area contributed by atoms with Gasteiger partial charge in [-0.15, -0.1) is 0 Å². The minimum Gasteiger partial charge on any atom is -0.345 e. The van der Waals surface area contributed by atoms with E-state index in [1.165, 1.54) is 11.6 Å². The molecule has 0 spiro atoms. The zero-order valence-corrected chi connectivity index (χ0v) is 14.1. The van der Waals surface area contributed by atoms with Gasteiger partial charge in [-0.2, -0.15) is 0 Å². The van der Waals surface area contributed by atoms with Crippen LogP contribution >= 0.6 is 0 Å². The van der Waals surface area contributed by atoms with Crippen LogP contribution in [-0.2, 0) is 12.8 Å². The molecule has 2 heterocycles. The Morgan fingerprint density at radius 3 is 2.73 bits per heavy atom. The van der Waals surface area contributed by atoms with Gasteiger partial charge in [-0.3, -0.25) is 4.79 Å². The number of ketones is 1. The number of H-pyrrole nitrogens is 2. The lowest BCUT2D eigenvalue weighted by atomic mass is 10.1. The quantitative estimate of drug-likeness (QED) is 0.411.